The maximum atomic E-state index is 14.0. The normalized spacial score (nSPS) is 11.9. The van der Waals surface area contributed by atoms with E-state index < -0.39 is 28.5 Å². The zero-order valence-electron chi connectivity index (χ0n) is 23.3. The summed E-state index contributed by atoms with van der Waals surface area (Å²) >= 11 is 12.1. The predicted molar refractivity (Wildman–Crippen MR) is 163 cm³/mol. The van der Waals surface area contributed by atoms with Crippen molar-refractivity contribution in [2.24, 2.45) is 0 Å². The van der Waals surface area contributed by atoms with Crippen LogP contribution in [0.3, 0.4) is 0 Å². The number of nitrogens with one attached hydrogen (secondary N) is 1. The van der Waals surface area contributed by atoms with Crippen LogP contribution in [0.15, 0.2) is 77.7 Å². The summed E-state index contributed by atoms with van der Waals surface area (Å²) in [6, 6.07) is 18.4. The van der Waals surface area contributed by atoms with Gasteiger partial charge in [0.25, 0.3) is 10.0 Å². The summed E-state index contributed by atoms with van der Waals surface area (Å²) in [4.78, 5) is 28.4. The zero-order valence-corrected chi connectivity index (χ0v) is 25.7. The molecule has 0 aromatic heterocycles. The maximum absolute atomic E-state index is 14.0. The maximum Gasteiger partial charge on any atom is 0.264 e. The first-order chi connectivity index (χ1) is 19.6. The SMILES string of the molecule is CCCCNC(=O)C(C)N(Cc1ccc(Cl)cc1)C(=O)CN(c1ccccc1OCC)S(=O)(=O)c1ccc(Cl)cc1. The van der Waals surface area contributed by atoms with Gasteiger partial charge in [-0.1, -0.05) is 60.8 Å². The second-order valence-corrected chi connectivity index (χ2v) is 12.1. The summed E-state index contributed by atoms with van der Waals surface area (Å²) in [6.45, 7) is 5.68. The molecule has 3 aromatic carbocycles. The first kappa shape index (κ1) is 32.2. The number of unbranched alkanes of at least 4 members (excludes halogenated alkanes) is 1. The van der Waals surface area contributed by atoms with Gasteiger partial charge in [0.05, 0.1) is 17.2 Å². The van der Waals surface area contributed by atoms with E-state index in [0.29, 0.717) is 22.3 Å². The van der Waals surface area contributed by atoms with E-state index in [1.54, 1.807) is 62.4 Å². The second-order valence-electron chi connectivity index (χ2n) is 9.33. The molecule has 3 aromatic rings. The number of carbonyl (C=O) groups is 2. The molecule has 1 unspecified atom stereocenters. The third-order valence-corrected chi connectivity index (χ3v) is 8.66. The molecule has 0 radical (unpaired) electrons. The summed E-state index contributed by atoms with van der Waals surface area (Å²) in [6.07, 6.45) is 1.70. The summed E-state index contributed by atoms with van der Waals surface area (Å²) in [5.74, 6) is -0.598. The molecule has 2 amide bonds. The van der Waals surface area contributed by atoms with Crippen LogP contribution in [0.5, 0.6) is 5.75 Å². The van der Waals surface area contributed by atoms with Crippen LogP contribution in [-0.4, -0.2) is 50.9 Å². The van der Waals surface area contributed by atoms with Crippen LogP contribution in [0.4, 0.5) is 5.69 Å². The Hall–Kier alpha value is -3.27. The molecule has 11 heteroatoms. The Morgan fingerprint density at radius 1 is 0.927 bits per heavy atom. The molecule has 0 bridgehead atoms. The smallest absolute Gasteiger partial charge is 0.264 e. The van der Waals surface area contributed by atoms with Crippen molar-refractivity contribution in [2.45, 2.75) is 51.1 Å². The van der Waals surface area contributed by atoms with E-state index >= 15 is 0 Å². The monoisotopic (exact) mass is 619 g/mol. The van der Waals surface area contributed by atoms with Gasteiger partial charge in [-0.05, 0) is 74.4 Å². The minimum absolute atomic E-state index is 0.0457. The molecule has 0 saturated heterocycles. The van der Waals surface area contributed by atoms with Crippen LogP contribution in [0.25, 0.3) is 0 Å². The van der Waals surface area contributed by atoms with Gasteiger partial charge in [0, 0.05) is 23.1 Å². The van der Waals surface area contributed by atoms with Gasteiger partial charge in [-0.3, -0.25) is 13.9 Å². The van der Waals surface area contributed by atoms with E-state index in [1.807, 2.05) is 6.92 Å². The topological polar surface area (TPSA) is 96.0 Å². The lowest BCUT2D eigenvalue weighted by atomic mass is 10.1. The Labute approximate surface area is 252 Å². The molecule has 0 heterocycles. The van der Waals surface area contributed by atoms with Crippen LogP contribution in [0, 0.1) is 0 Å². The highest BCUT2D eigenvalue weighted by Gasteiger charge is 2.33. The number of para-hydroxylation sites is 2. The highest BCUT2D eigenvalue weighted by atomic mass is 35.5. The number of anilines is 1. The zero-order chi connectivity index (χ0) is 30.0. The number of ether oxygens (including phenoxy) is 1. The summed E-state index contributed by atoms with van der Waals surface area (Å²) in [5, 5.41) is 3.77. The first-order valence-electron chi connectivity index (χ1n) is 13.4. The average Bonchev–Trinajstić information content (AvgIpc) is 2.96. The molecule has 41 heavy (non-hydrogen) atoms. The number of hydrogen-bond acceptors (Lipinski definition) is 5. The minimum Gasteiger partial charge on any atom is -0.492 e. The van der Waals surface area contributed by atoms with Gasteiger partial charge >= 0.3 is 0 Å². The number of carbonyl (C=O) groups excluding carboxylic acids is 2. The summed E-state index contributed by atoms with van der Waals surface area (Å²) in [5.41, 5.74) is 0.932. The van der Waals surface area contributed by atoms with Crippen molar-refractivity contribution in [3.05, 3.63) is 88.4 Å². The van der Waals surface area contributed by atoms with Gasteiger partial charge in [-0.15, -0.1) is 0 Å². The van der Waals surface area contributed by atoms with Gasteiger partial charge in [-0.25, -0.2) is 8.42 Å². The van der Waals surface area contributed by atoms with E-state index in [4.69, 9.17) is 27.9 Å². The van der Waals surface area contributed by atoms with E-state index in [2.05, 4.69) is 5.32 Å². The van der Waals surface area contributed by atoms with Crippen molar-refractivity contribution < 1.29 is 22.7 Å². The highest BCUT2D eigenvalue weighted by Crippen LogP contribution is 2.33. The van der Waals surface area contributed by atoms with Crippen molar-refractivity contribution in [2.75, 3.05) is 24.0 Å². The highest BCUT2D eigenvalue weighted by molar-refractivity contribution is 7.92. The molecule has 0 aliphatic rings. The number of rotatable bonds is 14. The number of amides is 2. The van der Waals surface area contributed by atoms with E-state index in [1.165, 1.54) is 29.2 Å². The molecule has 0 fully saturated rings. The summed E-state index contributed by atoms with van der Waals surface area (Å²) < 4.78 is 34.7. The van der Waals surface area contributed by atoms with Crippen LogP contribution in [-0.2, 0) is 26.2 Å². The Morgan fingerprint density at radius 3 is 2.15 bits per heavy atom. The van der Waals surface area contributed by atoms with Crippen LogP contribution < -0.4 is 14.4 Å². The Balaban J connectivity index is 2.04. The Bertz CT molecular complexity index is 1420. The van der Waals surface area contributed by atoms with Gasteiger partial charge in [0.15, 0.2) is 0 Å². The van der Waals surface area contributed by atoms with Gasteiger partial charge in [0.1, 0.15) is 18.3 Å². The van der Waals surface area contributed by atoms with Gasteiger partial charge in [-0.2, -0.15) is 0 Å². The third kappa shape index (κ3) is 8.61. The Morgan fingerprint density at radius 2 is 1.54 bits per heavy atom. The second kappa shape index (κ2) is 15.1. The van der Waals surface area contributed by atoms with Crippen LogP contribution >= 0.6 is 23.2 Å². The number of benzene rings is 3. The molecule has 0 spiro atoms. The predicted octanol–water partition coefficient (Wildman–Crippen LogP) is 5.92. The molecule has 8 nitrogen and oxygen atoms in total. The van der Waals surface area contributed by atoms with Crippen molar-refractivity contribution in [1.82, 2.24) is 10.2 Å². The van der Waals surface area contributed by atoms with E-state index in [0.717, 1.165) is 22.7 Å². The average molecular weight is 621 g/mol. The van der Waals surface area contributed by atoms with E-state index in [-0.39, 0.29) is 29.6 Å². The molecule has 1 atom stereocenters. The molecule has 0 aliphatic carbocycles. The fourth-order valence-electron chi connectivity index (χ4n) is 4.09. The van der Waals surface area contributed by atoms with Crippen molar-refractivity contribution in [3.8, 4) is 5.75 Å². The van der Waals surface area contributed by atoms with Crippen LogP contribution in [0.1, 0.15) is 39.2 Å². The van der Waals surface area contributed by atoms with Crippen molar-refractivity contribution in [1.29, 1.82) is 0 Å². The molecule has 1 N–H and O–H groups in total. The third-order valence-electron chi connectivity index (χ3n) is 6.38. The Kier molecular flexibility index (Phi) is 11.9. The molecule has 3 rings (SSSR count). The number of halogens is 2. The fourth-order valence-corrected chi connectivity index (χ4v) is 5.77. The lowest BCUT2D eigenvalue weighted by Crippen LogP contribution is -2.51. The summed E-state index contributed by atoms with van der Waals surface area (Å²) in [7, 11) is -4.25. The van der Waals surface area contributed by atoms with Crippen molar-refractivity contribution in [3.63, 3.8) is 0 Å². The number of hydrogen-bond donors (Lipinski definition) is 1. The van der Waals surface area contributed by atoms with Gasteiger partial charge < -0.3 is 15.0 Å². The first-order valence-corrected chi connectivity index (χ1v) is 15.6. The number of nitrogens with zero attached hydrogens (tertiary/aromatic N) is 2. The molecular formula is C30H35Cl2N3O5S. The van der Waals surface area contributed by atoms with Crippen molar-refractivity contribution >= 4 is 50.7 Å². The minimum atomic E-state index is -4.25. The van der Waals surface area contributed by atoms with E-state index in [9.17, 15) is 18.0 Å². The molecule has 220 valence electrons. The molecule has 0 aliphatic heterocycles. The quantitative estimate of drug-likeness (QED) is 0.226. The fraction of sp³-hybridized carbons (Fsp3) is 0.333. The standard InChI is InChI=1S/C30H35Cl2N3O5S/c1-4-6-19-33-30(37)22(3)34(20-23-11-13-24(31)14-12-23)29(36)21-35(27-9-7-8-10-28(27)40-5-2)41(38,39)26-17-15-25(32)16-18-26/h7-18,22H,4-6,19-21H2,1-3H3,(H,33,37). The lowest BCUT2D eigenvalue weighted by Gasteiger charge is -2.32. The largest absolute Gasteiger partial charge is 0.492 e. The van der Waals surface area contributed by atoms with Crippen LogP contribution in [0.2, 0.25) is 10.0 Å². The number of sulfonamides is 1. The lowest BCUT2D eigenvalue weighted by molar-refractivity contribution is -0.139. The molecule has 0 saturated carbocycles. The molecular weight excluding hydrogens is 585 g/mol. The van der Waals surface area contributed by atoms with Gasteiger partial charge in [0.2, 0.25) is 11.8 Å².